The van der Waals surface area contributed by atoms with Gasteiger partial charge in [0.05, 0.1) is 24.4 Å². The Balaban J connectivity index is 1.67. The van der Waals surface area contributed by atoms with E-state index in [1.165, 1.54) is 36.4 Å². The van der Waals surface area contributed by atoms with Gasteiger partial charge in [0, 0.05) is 55.4 Å². The fraction of sp³-hybridized carbons (Fsp3) is 0.278. The number of hydrogen-bond donors (Lipinski definition) is 1. The SMILES string of the molecule is COc1cc(NS(=O)[O-])ccc1C(=O)N1CCN(C(=O)c2cncc(F)c2)CC1. The summed E-state index contributed by atoms with van der Waals surface area (Å²) >= 11 is -2.49. The number of piperazine rings is 1. The molecular weight excluding hydrogens is 403 g/mol. The molecule has 0 aliphatic carbocycles. The lowest BCUT2D eigenvalue weighted by molar-refractivity contribution is 0.0533. The van der Waals surface area contributed by atoms with E-state index in [0.717, 1.165) is 12.3 Å². The molecule has 2 heterocycles. The highest BCUT2D eigenvalue weighted by Gasteiger charge is 2.27. The average Bonchev–Trinajstić information content (AvgIpc) is 2.72. The van der Waals surface area contributed by atoms with Crippen molar-refractivity contribution in [2.75, 3.05) is 38.0 Å². The van der Waals surface area contributed by atoms with E-state index in [9.17, 15) is 22.7 Å². The van der Waals surface area contributed by atoms with Crippen LogP contribution in [0.5, 0.6) is 5.75 Å². The molecule has 0 saturated carbocycles. The van der Waals surface area contributed by atoms with Crippen LogP contribution in [0.25, 0.3) is 0 Å². The quantitative estimate of drug-likeness (QED) is 0.722. The van der Waals surface area contributed by atoms with Gasteiger partial charge in [0.2, 0.25) is 0 Å². The van der Waals surface area contributed by atoms with Crippen LogP contribution in [0, 0.1) is 5.82 Å². The third-order valence-electron chi connectivity index (χ3n) is 4.44. The average molecular weight is 421 g/mol. The number of rotatable bonds is 5. The molecule has 0 spiro atoms. The summed E-state index contributed by atoms with van der Waals surface area (Å²) < 4.78 is 42.2. The summed E-state index contributed by atoms with van der Waals surface area (Å²) in [6.45, 7) is 1.17. The van der Waals surface area contributed by atoms with Crippen molar-refractivity contribution in [3.63, 3.8) is 0 Å². The number of aromatic nitrogens is 1. The van der Waals surface area contributed by atoms with Crippen molar-refractivity contribution < 1.29 is 27.5 Å². The lowest BCUT2D eigenvalue weighted by Gasteiger charge is -2.35. The van der Waals surface area contributed by atoms with E-state index in [0.29, 0.717) is 13.1 Å². The van der Waals surface area contributed by atoms with Crippen molar-refractivity contribution >= 4 is 28.8 Å². The molecule has 1 N–H and O–H groups in total. The zero-order chi connectivity index (χ0) is 21.0. The largest absolute Gasteiger partial charge is 0.755 e. The Morgan fingerprint density at radius 1 is 1.14 bits per heavy atom. The monoisotopic (exact) mass is 421 g/mol. The van der Waals surface area contributed by atoms with E-state index in [2.05, 4.69) is 9.71 Å². The van der Waals surface area contributed by atoms with Gasteiger partial charge in [-0.3, -0.25) is 18.8 Å². The van der Waals surface area contributed by atoms with E-state index in [1.54, 1.807) is 4.90 Å². The second kappa shape index (κ2) is 8.97. The standard InChI is InChI=1S/C18H19FN4O5S/c1-28-16-9-14(21-29(26)27)2-3-15(16)18(25)23-6-4-22(5-7-23)17(24)12-8-13(19)11-20-10-12/h2-3,8-11,21H,4-7H2,1H3,(H,26,27)/p-1. The number of ether oxygens (including phenoxy) is 1. The molecule has 9 nitrogen and oxygen atoms in total. The highest BCUT2D eigenvalue weighted by Crippen LogP contribution is 2.25. The maximum atomic E-state index is 13.3. The summed E-state index contributed by atoms with van der Waals surface area (Å²) in [7, 11) is 1.38. The van der Waals surface area contributed by atoms with Crippen LogP contribution >= 0.6 is 0 Å². The van der Waals surface area contributed by atoms with Crippen molar-refractivity contribution in [3.05, 3.63) is 53.6 Å². The van der Waals surface area contributed by atoms with Gasteiger partial charge in [-0.1, -0.05) is 0 Å². The minimum Gasteiger partial charge on any atom is -0.755 e. The number of methoxy groups -OCH3 is 1. The number of halogens is 1. The number of pyridine rings is 1. The Kier molecular flexibility index (Phi) is 6.39. The number of carbonyl (C=O) groups excluding carboxylic acids is 2. The molecule has 1 saturated heterocycles. The Morgan fingerprint density at radius 3 is 2.38 bits per heavy atom. The van der Waals surface area contributed by atoms with Gasteiger partial charge in [0.1, 0.15) is 11.6 Å². The fourth-order valence-corrected chi connectivity index (χ4v) is 3.34. The summed E-state index contributed by atoms with van der Waals surface area (Å²) in [4.78, 5) is 32.1. The van der Waals surface area contributed by atoms with Crippen molar-refractivity contribution in [3.8, 4) is 5.75 Å². The first kappa shape index (κ1) is 20.7. The number of anilines is 1. The van der Waals surface area contributed by atoms with Gasteiger partial charge in [-0.15, -0.1) is 0 Å². The number of carbonyl (C=O) groups is 2. The summed E-state index contributed by atoms with van der Waals surface area (Å²) in [6.07, 6.45) is 2.33. The zero-order valence-electron chi connectivity index (χ0n) is 15.5. The number of nitrogens with one attached hydrogen (secondary N) is 1. The van der Waals surface area contributed by atoms with Crippen molar-refractivity contribution in [1.29, 1.82) is 0 Å². The van der Waals surface area contributed by atoms with Crippen LogP contribution in [0.2, 0.25) is 0 Å². The van der Waals surface area contributed by atoms with Gasteiger partial charge in [-0.25, -0.2) is 4.39 Å². The van der Waals surface area contributed by atoms with Gasteiger partial charge >= 0.3 is 0 Å². The van der Waals surface area contributed by atoms with Crippen molar-refractivity contribution in [1.82, 2.24) is 14.8 Å². The van der Waals surface area contributed by atoms with Gasteiger partial charge in [-0.05, 0) is 18.2 Å². The molecule has 0 bridgehead atoms. The first-order valence-electron chi connectivity index (χ1n) is 8.62. The number of benzene rings is 1. The topological polar surface area (TPSA) is 115 Å². The van der Waals surface area contributed by atoms with E-state index in [1.807, 2.05) is 0 Å². The lowest BCUT2D eigenvalue weighted by atomic mass is 10.1. The van der Waals surface area contributed by atoms with E-state index in [-0.39, 0.29) is 47.5 Å². The molecule has 1 fully saturated rings. The van der Waals surface area contributed by atoms with Crippen molar-refractivity contribution in [2.24, 2.45) is 0 Å². The third kappa shape index (κ3) is 4.87. The molecule has 11 heteroatoms. The molecule has 0 radical (unpaired) electrons. The molecule has 1 aromatic heterocycles. The first-order chi connectivity index (χ1) is 13.9. The molecule has 1 aliphatic heterocycles. The van der Waals surface area contributed by atoms with Crippen LogP contribution in [-0.2, 0) is 11.3 Å². The van der Waals surface area contributed by atoms with Crippen molar-refractivity contribution in [2.45, 2.75) is 0 Å². The van der Waals surface area contributed by atoms with Gasteiger partial charge in [-0.2, -0.15) is 0 Å². The van der Waals surface area contributed by atoms with Gasteiger partial charge in [0.25, 0.3) is 11.8 Å². The maximum absolute atomic E-state index is 13.3. The number of amides is 2. The molecule has 1 aromatic carbocycles. The smallest absolute Gasteiger partial charge is 0.257 e. The minimum atomic E-state index is -2.49. The van der Waals surface area contributed by atoms with Crippen LogP contribution < -0.4 is 9.46 Å². The Hall–Kier alpha value is -3.05. The normalized spacial score (nSPS) is 15.0. The second-order valence-electron chi connectivity index (χ2n) is 6.23. The summed E-state index contributed by atoms with van der Waals surface area (Å²) in [5.74, 6) is -0.996. The zero-order valence-corrected chi connectivity index (χ0v) is 16.3. The molecule has 2 amide bonds. The number of hydrogen-bond acceptors (Lipinski definition) is 6. The van der Waals surface area contributed by atoms with Gasteiger partial charge < -0.3 is 23.8 Å². The minimum absolute atomic E-state index is 0.158. The molecule has 29 heavy (non-hydrogen) atoms. The van der Waals surface area contributed by atoms with Crippen LogP contribution in [-0.4, -0.2) is 68.6 Å². The Labute approximate surface area is 168 Å². The van der Waals surface area contributed by atoms with E-state index < -0.39 is 17.1 Å². The van der Waals surface area contributed by atoms with Crippen LogP contribution in [0.1, 0.15) is 20.7 Å². The summed E-state index contributed by atoms with van der Waals surface area (Å²) in [6, 6.07) is 5.48. The maximum Gasteiger partial charge on any atom is 0.257 e. The molecular formula is C18H18FN4O5S-. The highest BCUT2D eigenvalue weighted by molar-refractivity contribution is 7.80. The van der Waals surface area contributed by atoms with E-state index in [4.69, 9.17) is 4.74 Å². The van der Waals surface area contributed by atoms with Crippen LogP contribution in [0.15, 0.2) is 36.7 Å². The molecule has 1 aliphatic rings. The highest BCUT2D eigenvalue weighted by atomic mass is 32.2. The lowest BCUT2D eigenvalue weighted by Crippen LogP contribution is -2.50. The fourth-order valence-electron chi connectivity index (χ4n) is 3.02. The van der Waals surface area contributed by atoms with E-state index >= 15 is 0 Å². The number of nitrogens with zero attached hydrogens (tertiary/aromatic N) is 3. The van der Waals surface area contributed by atoms with Gasteiger partial charge in [0.15, 0.2) is 0 Å². The Morgan fingerprint density at radius 2 is 1.79 bits per heavy atom. The first-order valence-corrected chi connectivity index (χ1v) is 9.69. The predicted octanol–water partition coefficient (Wildman–Crippen LogP) is 1.03. The molecule has 1 atom stereocenters. The molecule has 2 aromatic rings. The third-order valence-corrected chi connectivity index (χ3v) is 4.84. The van der Waals surface area contributed by atoms with Crippen LogP contribution in [0.3, 0.4) is 0 Å². The summed E-state index contributed by atoms with van der Waals surface area (Å²) in [5.41, 5.74) is 0.708. The summed E-state index contributed by atoms with van der Waals surface area (Å²) in [5, 5.41) is 0. The Bertz CT molecular complexity index is 950. The molecule has 1 unspecified atom stereocenters. The molecule has 3 rings (SSSR count). The predicted molar refractivity (Wildman–Crippen MR) is 102 cm³/mol. The van der Waals surface area contributed by atoms with Crippen LogP contribution in [0.4, 0.5) is 10.1 Å². The molecule has 154 valence electrons. The second-order valence-corrected chi connectivity index (χ2v) is 6.90.